The first-order chi connectivity index (χ1) is 15.3. The minimum absolute atomic E-state index is 0.00549. The summed E-state index contributed by atoms with van der Waals surface area (Å²) in [6.45, 7) is 15.6. The van der Waals surface area contributed by atoms with E-state index < -0.39 is 12.0 Å². The number of carbonyl (C=O) groups is 3. The highest BCUT2D eigenvalue weighted by Gasteiger charge is 2.35. The zero-order valence-corrected chi connectivity index (χ0v) is 21.2. The summed E-state index contributed by atoms with van der Waals surface area (Å²) in [7, 11) is 0. The minimum atomic E-state index is -0.880. The van der Waals surface area contributed by atoms with Crippen LogP contribution < -0.4 is 10.1 Å². The number of unbranched alkanes of at least 4 members (excludes halogenated alkanes) is 1. The Morgan fingerprint density at radius 3 is 2.42 bits per heavy atom. The van der Waals surface area contributed by atoms with Gasteiger partial charge in [-0.05, 0) is 34.4 Å². The lowest BCUT2D eigenvalue weighted by atomic mass is 9.80. The SMILES string of the molecule is CCCCOC(=O)CC1C(=O)NCCN1C(=O)COc1ccc(C(C)(C)C)cc1C(C)(C)C. The van der Waals surface area contributed by atoms with Gasteiger partial charge in [-0.15, -0.1) is 0 Å². The summed E-state index contributed by atoms with van der Waals surface area (Å²) in [6.07, 6.45) is 1.52. The predicted octanol–water partition coefficient (Wildman–Crippen LogP) is 3.72. The molecule has 2 rings (SSSR count). The second-order valence-corrected chi connectivity index (χ2v) is 10.7. The molecule has 1 unspecified atom stereocenters. The van der Waals surface area contributed by atoms with Crippen LogP contribution >= 0.6 is 0 Å². The van der Waals surface area contributed by atoms with Crippen LogP contribution in [0.2, 0.25) is 0 Å². The predicted molar refractivity (Wildman–Crippen MR) is 128 cm³/mol. The number of nitrogens with one attached hydrogen (secondary N) is 1. The van der Waals surface area contributed by atoms with Gasteiger partial charge in [-0.2, -0.15) is 0 Å². The third-order valence-corrected chi connectivity index (χ3v) is 5.78. The van der Waals surface area contributed by atoms with Crippen LogP contribution in [-0.4, -0.2) is 55.0 Å². The number of ether oxygens (including phenoxy) is 2. The van der Waals surface area contributed by atoms with Crippen LogP contribution in [0, 0.1) is 0 Å². The van der Waals surface area contributed by atoms with Crippen molar-refractivity contribution in [2.24, 2.45) is 0 Å². The van der Waals surface area contributed by atoms with Crippen molar-refractivity contribution in [3.8, 4) is 5.75 Å². The van der Waals surface area contributed by atoms with Crippen molar-refractivity contribution in [3.63, 3.8) is 0 Å². The van der Waals surface area contributed by atoms with E-state index in [1.165, 1.54) is 10.5 Å². The van der Waals surface area contributed by atoms with E-state index in [-0.39, 0.29) is 35.7 Å². The lowest BCUT2D eigenvalue weighted by Crippen LogP contribution is -2.58. The summed E-state index contributed by atoms with van der Waals surface area (Å²) in [6, 6.07) is 5.20. The second kappa shape index (κ2) is 11.0. The van der Waals surface area contributed by atoms with Gasteiger partial charge in [-0.3, -0.25) is 14.4 Å². The Bertz CT molecular complexity index is 851. The monoisotopic (exact) mass is 460 g/mol. The highest BCUT2D eigenvalue weighted by atomic mass is 16.5. The average molecular weight is 461 g/mol. The topological polar surface area (TPSA) is 84.9 Å². The molecule has 0 bridgehead atoms. The van der Waals surface area contributed by atoms with E-state index in [2.05, 4.69) is 52.9 Å². The Balaban J connectivity index is 2.13. The molecule has 1 atom stereocenters. The van der Waals surface area contributed by atoms with E-state index in [9.17, 15) is 14.4 Å². The maximum absolute atomic E-state index is 13.0. The van der Waals surface area contributed by atoms with E-state index in [1.807, 2.05) is 19.1 Å². The van der Waals surface area contributed by atoms with Crippen molar-refractivity contribution in [2.75, 3.05) is 26.3 Å². The molecule has 1 aromatic rings. The van der Waals surface area contributed by atoms with Crippen molar-refractivity contribution in [3.05, 3.63) is 29.3 Å². The van der Waals surface area contributed by atoms with Crippen LogP contribution in [0.4, 0.5) is 0 Å². The zero-order valence-electron chi connectivity index (χ0n) is 21.2. The number of benzene rings is 1. The standard InChI is InChI=1S/C26H40N2O5/c1-8-9-14-32-23(30)16-20-24(31)27-12-13-28(20)22(29)17-33-21-11-10-18(25(2,3)4)15-19(21)26(5,6)7/h10-11,15,20H,8-9,12-14,16-17H2,1-7H3,(H,27,31). The van der Waals surface area contributed by atoms with Crippen LogP contribution in [-0.2, 0) is 30.0 Å². The number of piperazine rings is 1. The fourth-order valence-electron chi connectivity index (χ4n) is 3.69. The molecule has 1 aliphatic rings. The van der Waals surface area contributed by atoms with Crippen LogP contribution in [0.15, 0.2) is 18.2 Å². The van der Waals surface area contributed by atoms with Gasteiger partial charge in [0, 0.05) is 13.1 Å². The van der Waals surface area contributed by atoms with Crippen LogP contribution in [0.1, 0.15) is 78.9 Å². The number of hydrogen-bond donors (Lipinski definition) is 1. The van der Waals surface area contributed by atoms with Crippen LogP contribution in [0.5, 0.6) is 5.75 Å². The van der Waals surface area contributed by atoms with E-state index in [1.54, 1.807) is 0 Å². The van der Waals surface area contributed by atoms with Crippen molar-refractivity contribution in [2.45, 2.75) is 84.6 Å². The van der Waals surface area contributed by atoms with Crippen molar-refractivity contribution in [1.82, 2.24) is 10.2 Å². The molecule has 1 saturated heterocycles. The maximum Gasteiger partial charge on any atom is 0.308 e. The number of rotatable bonds is 8. The Kier molecular flexibility index (Phi) is 8.92. The van der Waals surface area contributed by atoms with Crippen LogP contribution in [0.25, 0.3) is 0 Å². The second-order valence-electron chi connectivity index (χ2n) is 10.7. The summed E-state index contributed by atoms with van der Waals surface area (Å²) in [4.78, 5) is 39.0. The van der Waals surface area contributed by atoms with E-state index in [0.717, 1.165) is 18.4 Å². The molecule has 0 aromatic heterocycles. The number of nitrogens with zero attached hydrogens (tertiary/aromatic N) is 1. The van der Waals surface area contributed by atoms with E-state index >= 15 is 0 Å². The molecule has 7 nitrogen and oxygen atoms in total. The third-order valence-electron chi connectivity index (χ3n) is 5.78. The molecule has 1 fully saturated rings. The molecule has 33 heavy (non-hydrogen) atoms. The first-order valence-electron chi connectivity index (χ1n) is 11.8. The van der Waals surface area contributed by atoms with E-state index in [4.69, 9.17) is 9.47 Å². The molecular formula is C26H40N2O5. The van der Waals surface area contributed by atoms with Gasteiger partial charge >= 0.3 is 5.97 Å². The first-order valence-corrected chi connectivity index (χ1v) is 11.8. The summed E-state index contributed by atoms with van der Waals surface area (Å²) in [5.41, 5.74) is 2.04. The van der Waals surface area contributed by atoms with Gasteiger partial charge in [0.15, 0.2) is 6.61 Å². The number of hydrogen-bond acceptors (Lipinski definition) is 5. The van der Waals surface area contributed by atoms with Gasteiger partial charge in [0.25, 0.3) is 5.91 Å². The summed E-state index contributed by atoms with van der Waals surface area (Å²) >= 11 is 0. The number of esters is 1. The highest BCUT2D eigenvalue weighted by Crippen LogP contribution is 2.35. The molecule has 2 amide bonds. The molecule has 0 aliphatic carbocycles. The fraction of sp³-hybridized carbons (Fsp3) is 0.654. The zero-order chi connectivity index (χ0) is 24.8. The molecule has 184 valence electrons. The Morgan fingerprint density at radius 1 is 1.12 bits per heavy atom. The lowest BCUT2D eigenvalue weighted by molar-refractivity contribution is -0.152. The van der Waals surface area contributed by atoms with Crippen molar-refractivity contribution in [1.29, 1.82) is 0 Å². The largest absolute Gasteiger partial charge is 0.483 e. The van der Waals surface area contributed by atoms with Gasteiger partial charge in [0.2, 0.25) is 5.91 Å². The fourth-order valence-corrected chi connectivity index (χ4v) is 3.69. The summed E-state index contributed by atoms with van der Waals surface area (Å²) < 4.78 is 11.2. The van der Waals surface area contributed by atoms with Gasteiger partial charge in [-0.25, -0.2) is 0 Å². The molecule has 0 radical (unpaired) electrons. The molecule has 0 saturated carbocycles. The normalized spacial score (nSPS) is 16.9. The molecule has 1 aliphatic heterocycles. The summed E-state index contributed by atoms with van der Waals surface area (Å²) in [5.74, 6) is -0.485. The highest BCUT2D eigenvalue weighted by molar-refractivity contribution is 5.92. The molecule has 0 spiro atoms. The van der Waals surface area contributed by atoms with Crippen molar-refractivity contribution < 1.29 is 23.9 Å². The summed E-state index contributed by atoms with van der Waals surface area (Å²) in [5, 5.41) is 2.73. The van der Waals surface area contributed by atoms with Gasteiger partial charge in [0.1, 0.15) is 11.8 Å². The van der Waals surface area contributed by atoms with Gasteiger partial charge < -0.3 is 19.7 Å². The average Bonchev–Trinajstić information content (AvgIpc) is 2.72. The Labute approximate surface area is 198 Å². The minimum Gasteiger partial charge on any atom is -0.483 e. The van der Waals surface area contributed by atoms with Gasteiger partial charge in [-0.1, -0.05) is 67.0 Å². The molecular weight excluding hydrogens is 420 g/mol. The van der Waals surface area contributed by atoms with E-state index in [0.29, 0.717) is 25.4 Å². The maximum atomic E-state index is 13.0. The molecule has 1 N–H and O–H groups in total. The van der Waals surface area contributed by atoms with Crippen molar-refractivity contribution >= 4 is 17.8 Å². The smallest absolute Gasteiger partial charge is 0.308 e. The Morgan fingerprint density at radius 2 is 1.82 bits per heavy atom. The first kappa shape index (κ1) is 26.7. The molecule has 1 heterocycles. The quantitative estimate of drug-likeness (QED) is 0.472. The number of carbonyl (C=O) groups excluding carboxylic acids is 3. The Hall–Kier alpha value is -2.57. The molecule has 7 heteroatoms. The third kappa shape index (κ3) is 7.47. The lowest BCUT2D eigenvalue weighted by Gasteiger charge is -2.34. The van der Waals surface area contributed by atoms with Gasteiger partial charge in [0.05, 0.1) is 13.0 Å². The molecule has 1 aromatic carbocycles. The number of amides is 2. The van der Waals surface area contributed by atoms with Crippen LogP contribution in [0.3, 0.4) is 0 Å².